The number of carbonyl (C=O) groups is 1. The van der Waals surface area contributed by atoms with Gasteiger partial charge in [0.2, 0.25) is 5.91 Å². The molecule has 2 aromatic rings. The lowest BCUT2D eigenvalue weighted by molar-refractivity contribution is -0.384. The molecule has 1 N–H and O–H groups in total. The van der Waals surface area contributed by atoms with E-state index >= 15 is 0 Å². The lowest BCUT2D eigenvalue weighted by Crippen LogP contribution is -2.25. The number of benzene rings is 2. The summed E-state index contributed by atoms with van der Waals surface area (Å²) in [7, 11) is 0. The lowest BCUT2D eigenvalue weighted by Gasteiger charge is -2.04. The summed E-state index contributed by atoms with van der Waals surface area (Å²) in [5, 5.41) is 21.9. The molecule has 1 amide bonds. The highest BCUT2D eigenvalue weighted by Gasteiger charge is 2.30. The zero-order valence-electron chi connectivity index (χ0n) is 14.0. The molecule has 1 saturated heterocycles. The summed E-state index contributed by atoms with van der Waals surface area (Å²) in [5.74, 6) is -0.0965. The van der Waals surface area contributed by atoms with Crippen molar-refractivity contribution in [3.05, 3.63) is 75.8 Å². The summed E-state index contributed by atoms with van der Waals surface area (Å²) < 4.78 is 0. The molecule has 1 fully saturated rings. The van der Waals surface area contributed by atoms with Crippen LogP contribution < -0.4 is 5.32 Å². The molecule has 0 spiro atoms. The molecule has 0 aliphatic carbocycles. The fourth-order valence-electron chi connectivity index (χ4n) is 2.44. The number of amidine groups is 1. The van der Waals surface area contributed by atoms with E-state index in [4.69, 9.17) is 0 Å². The first-order chi connectivity index (χ1) is 12.5. The molecular weight excluding hydrogens is 352 g/mol. The van der Waals surface area contributed by atoms with Gasteiger partial charge in [-0.3, -0.25) is 14.9 Å². The Bertz CT molecular complexity index is 896. The van der Waals surface area contributed by atoms with E-state index in [9.17, 15) is 14.9 Å². The SMILES string of the molecule is C/C(=N\N=C1/NC(=O)C(Cc2ccccc2)S1)c1cccc([N+](=O)[O-])c1. The number of thioether (sulfide) groups is 1. The van der Waals surface area contributed by atoms with Crippen LogP contribution in [0.15, 0.2) is 64.8 Å². The van der Waals surface area contributed by atoms with Crippen molar-refractivity contribution in [2.24, 2.45) is 10.2 Å². The van der Waals surface area contributed by atoms with E-state index in [0.717, 1.165) is 5.56 Å². The number of nitrogens with zero attached hydrogens (tertiary/aromatic N) is 3. The summed E-state index contributed by atoms with van der Waals surface area (Å²) in [4.78, 5) is 22.5. The van der Waals surface area contributed by atoms with E-state index in [-0.39, 0.29) is 16.8 Å². The van der Waals surface area contributed by atoms with Crippen molar-refractivity contribution < 1.29 is 9.72 Å². The van der Waals surface area contributed by atoms with Crippen LogP contribution in [0.25, 0.3) is 0 Å². The molecule has 0 radical (unpaired) electrons. The van der Waals surface area contributed by atoms with Crippen molar-refractivity contribution >= 4 is 34.2 Å². The largest absolute Gasteiger partial charge is 0.303 e. The number of non-ortho nitro benzene ring substituents is 1. The Hall–Kier alpha value is -3.00. The molecule has 0 bridgehead atoms. The molecule has 1 unspecified atom stereocenters. The third-order valence-corrected chi connectivity index (χ3v) is 4.88. The average Bonchev–Trinajstić information content (AvgIpc) is 3.00. The van der Waals surface area contributed by atoms with Crippen LogP contribution in [0.2, 0.25) is 0 Å². The van der Waals surface area contributed by atoms with Crippen molar-refractivity contribution in [1.29, 1.82) is 0 Å². The van der Waals surface area contributed by atoms with Crippen LogP contribution in [-0.4, -0.2) is 27.0 Å². The van der Waals surface area contributed by atoms with Crippen LogP contribution >= 0.6 is 11.8 Å². The summed E-state index contributed by atoms with van der Waals surface area (Å²) in [5.41, 5.74) is 2.22. The number of nitro groups is 1. The van der Waals surface area contributed by atoms with Gasteiger partial charge in [-0.05, 0) is 18.9 Å². The second kappa shape index (κ2) is 7.92. The standard InChI is InChI=1S/C18H16N4O3S/c1-12(14-8-5-9-15(11-14)22(24)25)20-21-18-19-17(23)16(26-18)10-13-6-3-2-4-7-13/h2-9,11,16H,10H2,1H3,(H,19,21,23)/b20-12+. The fraction of sp³-hybridized carbons (Fsp3) is 0.167. The number of nitrogens with one attached hydrogen (secondary N) is 1. The summed E-state index contributed by atoms with van der Waals surface area (Å²) >= 11 is 1.33. The Balaban J connectivity index is 1.70. The number of amides is 1. The Kier molecular flexibility index (Phi) is 5.43. The van der Waals surface area contributed by atoms with Crippen LogP contribution in [0.1, 0.15) is 18.1 Å². The van der Waals surface area contributed by atoms with E-state index in [1.165, 1.54) is 23.9 Å². The van der Waals surface area contributed by atoms with Crippen molar-refractivity contribution in [1.82, 2.24) is 5.32 Å². The molecule has 26 heavy (non-hydrogen) atoms. The van der Waals surface area contributed by atoms with Gasteiger partial charge in [-0.2, -0.15) is 5.10 Å². The third-order valence-electron chi connectivity index (χ3n) is 3.81. The average molecular weight is 368 g/mol. The Morgan fingerprint density at radius 3 is 2.73 bits per heavy atom. The first kappa shape index (κ1) is 17.8. The molecular formula is C18H16N4O3S. The molecule has 0 aromatic heterocycles. The van der Waals surface area contributed by atoms with Gasteiger partial charge >= 0.3 is 0 Å². The number of nitro benzene ring substituents is 1. The van der Waals surface area contributed by atoms with Crippen LogP contribution in [0.4, 0.5) is 5.69 Å². The fourth-order valence-corrected chi connectivity index (χ4v) is 3.40. The van der Waals surface area contributed by atoms with Gasteiger partial charge in [0.1, 0.15) is 0 Å². The number of hydrogen-bond donors (Lipinski definition) is 1. The molecule has 1 aliphatic rings. The van der Waals surface area contributed by atoms with Crippen molar-refractivity contribution in [3.8, 4) is 0 Å². The topological polar surface area (TPSA) is 97.0 Å². The minimum absolute atomic E-state index is 0.00354. The summed E-state index contributed by atoms with van der Waals surface area (Å²) in [6, 6.07) is 16.0. The van der Waals surface area contributed by atoms with Crippen LogP contribution in [0.5, 0.6) is 0 Å². The predicted molar refractivity (Wildman–Crippen MR) is 102 cm³/mol. The number of rotatable bonds is 5. The lowest BCUT2D eigenvalue weighted by atomic mass is 10.1. The van der Waals surface area contributed by atoms with Crippen LogP contribution in [0, 0.1) is 10.1 Å². The highest BCUT2D eigenvalue weighted by Crippen LogP contribution is 2.23. The van der Waals surface area contributed by atoms with Crippen molar-refractivity contribution in [2.75, 3.05) is 0 Å². The number of carbonyl (C=O) groups excluding carboxylic acids is 1. The van der Waals surface area contributed by atoms with Gasteiger partial charge in [0, 0.05) is 17.7 Å². The Morgan fingerprint density at radius 1 is 1.23 bits per heavy atom. The van der Waals surface area contributed by atoms with E-state index < -0.39 is 4.92 Å². The zero-order valence-corrected chi connectivity index (χ0v) is 14.8. The molecule has 1 heterocycles. The monoisotopic (exact) mass is 368 g/mol. The predicted octanol–water partition coefficient (Wildman–Crippen LogP) is 3.15. The van der Waals surface area contributed by atoms with E-state index in [1.807, 2.05) is 30.3 Å². The molecule has 8 heteroatoms. The van der Waals surface area contributed by atoms with Crippen molar-refractivity contribution in [2.45, 2.75) is 18.6 Å². The zero-order chi connectivity index (χ0) is 18.5. The second-order valence-electron chi connectivity index (χ2n) is 5.68. The first-order valence-electron chi connectivity index (χ1n) is 7.91. The maximum absolute atomic E-state index is 12.1. The molecule has 1 aliphatic heterocycles. The van der Waals surface area contributed by atoms with Gasteiger partial charge in [-0.15, -0.1) is 5.10 Å². The summed E-state index contributed by atoms with van der Waals surface area (Å²) in [6.45, 7) is 1.71. The Labute approximate surface area is 154 Å². The third kappa shape index (κ3) is 4.34. The van der Waals surface area contributed by atoms with Crippen LogP contribution in [0.3, 0.4) is 0 Å². The highest BCUT2D eigenvalue weighted by atomic mass is 32.2. The van der Waals surface area contributed by atoms with Gasteiger partial charge in [0.05, 0.1) is 15.9 Å². The quantitative estimate of drug-likeness (QED) is 0.498. The maximum atomic E-state index is 12.1. The Morgan fingerprint density at radius 2 is 2.00 bits per heavy atom. The van der Waals surface area contributed by atoms with Gasteiger partial charge in [-0.25, -0.2) is 0 Å². The second-order valence-corrected chi connectivity index (χ2v) is 6.87. The smallest absolute Gasteiger partial charge is 0.270 e. The molecule has 132 valence electrons. The molecule has 1 atom stereocenters. The molecule has 7 nitrogen and oxygen atoms in total. The number of hydrogen-bond acceptors (Lipinski definition) is 6. The van der Waals surface area contributed by atoms with Crippen LogP contribution in [-0.2, 0) is 11.2 Å². The summed E-state index contributed by atoms with van der Waals surface area (Å²) in [6.07, 6.45) is 0.615. The van der Waals surface area contributed by atoms with Gasteiger partial charge in [0.25, 0.3) is 5.69 Å². The van der Waals surface area contributed by atoms with Crippen molar-refractivity contribution in [3.63, 3.8) is 0 Å². The molecule has 3 rings (SSSR count). The minimum Gasteiger partial charge on any atom is -0.303 e. The normalized spacial score (nSPS) is 18.8. The van der Waals surface area contributed by atoms with Gasteiger partial charge in [0.15, 0.2) is 5.17 Å². The minimum atomic E-state index is -0.454. The van der Waals surface area contributed by atoms with E-state index in [1.54, 1.807) is 19.1 Å². The van der Waals surface area contributed by atoms with E-state index in [2.05, 4.69) is 15.5 Å². The molecule has 0 saturated carbocycles. The van der Waals surface area contributed by atoms with E-state index in [0.29, 0.717) is 22.9 Å². The maximum Gasteiger partial charge on any atom is 0.270 e. The highest BCUT2D eigenvalue weighted by molar-refractivity contribution is 8.15. The van der Waals surface area contributed by atoms with Gasteiger partial charge < -0.3 is 5.32 Å². The van der Waals surface area contributed by atoms with Gasteiger partial charge in [-0.1, -0.05) is 54.2 Å². The first-order valence-corrected chi connectivity index (χ1v) is 8.79. The molecule has 2 aromatic carbocycles.